The van der Waals surface area contributed by atoms with E-state index in [4.69, 9.17) is 0 Å². The minimum atomic E-state index is -0.291. The van der Waals surface area contributed by atoms with Gasteiger partial charge >= 0.3 is 0 Å². The molecule has 1 aromatic rings. The topological polar surface area (TPSA) is 69.6 Å². The highest BCUT2D eigenvalue weighted by Gasteiger charge is 2.33. The summed E-state index contributed by atoms with van der Waals surface area (Å²) in [7, 11) is 0. The Morgan fingerprint density at radius 2 is 2.04 bits per heavy atom. The van der Waals surface area contributed by atoms with Crippen molar-refractivity contribution in [3.05, 3.63) is 35.9 Å². The molecule has 2 amide bonds. The van der Waals surface area contributed by atoms with Crippen LogP contribution in [0.3, 0.4) is 0 Å². The van der Waals surface area contributed by atoms with Gasteiger partial charge in [-0.15, -0.1) is 0 Å². The molecule has 1 saturated heterocycles. The monoisotopic (exact) mass is 318 g/mol. The van der Waals surface area contributed by atoms with Crippen LogP contribution in [0.25, 0.3) is 0 Å². The van der Waals surface area contributed by atoms with Crippen LogP contribution in [0.5, 0.6) is 0 Å². The van der Waals surface area contributed by atoms with Crippen molar-refractivity contribution < 1.29 is 14.7 Å². The second-order valence-electron chi connectivity index (χ2n) is 6.49. The van der Waals surface area contributed by atoms with E-state index in [1.54, 1.807) is 4.90 Å². The van der Waals surface area contributed by atoms with Gasteiger partial charge in [0, 0.05) is 25.4 Å². The quantitative estimate of drug-likeness (QED) is 0.836. The van der Waals surface area contributed by atoms with Crippen molar-refractivity contribution in [2.45, 2.75) is 39.3 Å². The van der Waals surface area contributed by atoms with Crippen molar-refractivity contribution in [3.63, 3.8) is 0 Å². The standard InChI is InChI=1S/C18H26N2O3/c1-13(2)16(12-21)20(11-14-6-4-3-5-7-14)18(23)15-8-9-19-17(22)10-15/h3-7,13,15-16,21H,8-12H2,1-2H3,(H,19,22). The van der Waals surface area contributed by atoms with Crippen molar-refractivity contribution in [1.29, 1.82) is 0 Å². The Bertz CT molecular complexity index is 530. The van der Waals surface area contributed by atoms with Crippen LogP contribution in [0, 0.1) is 11.8 Å². The van der Waals surface area contributed by atoms with Gasteiger partial charge in [-0.1, -0.05) is 44.2 Å². The first-order valence-electron chi connectivity index (χ1n) is 8.25. The smallest absolute Gasteiger partial charge is 0.226 e. The number of hydrogen-bond acceptors (Lipinski definition) is 3. The van der Waals surface area contributed by atoms with Crippen LogP contribution in [0.2, 0.25) is 0 Å². The number of benzene rings is 1. The molecule has 126 valence electrons. The molecule has 0 aliphatic carbocycles. The molecule has 2 unspecified atom stereocenters. The van der Waals surface area contributed by atoms with E-state index in [1.807, 2.05) is 44.2 Å². The second kappa shape index (κ2) is 8.11. The number of aliphatic hydroxyl groups is 1. The number of carbonyl (C=O) groups excluding carboxylic acids is 2. The van der Waals surface area contributed by atoms with Gasteiger partial charge in [0.15, 0.2) is 0 Å². The summed E-state index contributed by atoms with van der Waals surface area (Å²) in [5, 5.41) is 12.5. The van der Waals surface area contributed by atoms with Crippen molar-refractivity contribution in [1.82, 2.24) is 10.2 Å². The maximum absolute atomic E-state index is 13.0. The summed E-state index contributed by atoms with van der Waals surface area (Å²) in [6.07, 6.45) is 0.895. The molecule has 5 heteroatoms. The summed E-state index contributed by atoms with van der Waals surface area (Å²) in [5.41, 5.74) is 1.03. The van der Waals surface area contributed by atoms with E-state index in [0.717, 1.165) is 5.56 Å². The fraction of sp³-hybridized carbons (Fsp3) is 0.556. The minimum absolute atomic E-state index is 0.0311. The molecule has 5 nitrogen and oxygen atoms in total. The first-order chi connectivity index (χ1) is 11.0. The van der Waals surface area contributed by atoms with Crippen molar-refractivity contribution in [2.24, 2.45) is 11.8 Å². The maximum atomic E-state index is 13.0. The molecule has 1 aromatic carbocycles. The molecule has 1 heterocycles. The molecule has 1 fully saturated rings. The van der Waals surface area contributed by atoms with Gasteiger partial charge in [0.25, 0.3) is 0 Å². The molecule has 1 aliphatic rings. The largest absolute Gasteiger partial charge is 0.394 e. The molecular formula is C18H26N2O3. The summed E-state index contributed by atoms with van der Waals surface area (Å²) >= 11 is 0. The third-order valence-corrected chi connectivity index (χ3v) is 4.43. The van der Waals surface area contributed by atoms with Crippen LogP contribution in [-0.2, 0) is 16.1 Å². The number of carbonyl (C=O) groups is 2. The lowest BCUT2D eigenvalue weighted by Crippen LogP contribution is -2.49. The van der Waals surface area contributed by atoms with Crippen molar-refractivity contribution >= 4 is 11.8 Å². The van der Waals surface area contributed by atoms with Gasteiger partial charge in [-0.2, -0.15) is 0 Å². The number of amides is 2. The van der Waals surface area contributed by atoms with Gasteiger partial charge < -0.3 is 15.3 Å². The van der Waals surface area contributed by atoms with E-state index in [2.05, 4.69) is 5.32 Å². The van der Waals surface area contributed by atoms with E-state index >= 15 is 0 Å². The number of nitrogens with zero attached hydrogens (tertiary/aromatic N) is 1. The van der Waals surface area contributed by atoms with E-state index in [-0.39, 0.29) is 42.7 Å². The van der Waals surface area contributed by atoms with Crippen LogP contribution in [0.15, 0.2) is 30.3 Å². The number of rotatable bonds is 6. The second-order valence-corrected chi connectivity index (χ2v) is 6.49. The first kappa shape index (κ1) is 17.5. The lowest BCUT2D eigenvalue weighted by Gasteiger charge is -2.36. The summed E-state index contributed by atoms with van der Waals surface area (Å²) in [4.78, 5) is 26.3. The highest BCUT2D eigenvalue weighted by Crippen LogP contribution is 2.22. The third kappa shape index (κ3) is 4.55. The van der Waals surface area contributed by atoms with Crippen LogP contribution >= 0.6 is 0 Å². The first-order valence-corrected chi connectivity index (χ1v) is 8.25. The average molecular weight is 318 g/mol. The van der Waals surface area contributed by atoms with E-state index in [1.165, 1.54) is 0 Å². The lowest BCUT2D eigenvalue weighted by atomic mass is 9.93. The molecule has 0 aromatic heterocycles. The normalized spacial score (nSPS) is 19.3. The molecule has 1 aliphatic heterocycles. The summed E-state index contributed by atoms with van der Waals surface area (Å²) < 4.78 is 0. The van der Waals surface area contributed by atoms with Crippen molar-refractivity contribution in [3.8, 4) is 0 Å². The number of piperidine rings is 1. The molecule has 0 spiro atoms. The van der Waals surface area contributed by atoms with Gasteiger partial charge in [-0.3, -0.25) is 9.59 Å². The summed E-state index contributed by atoms with van der Waals surface area (Å²) in [5.74, 6) is -0.249. The van der Waals surface area contributed by atoms with Gasteiger partial charge in [0.1, 0.15) is 0 Å². The van der Waals surface area contributed by atoms with Crippen molar-refractivity contribution in [2.75, 3.05) is 13.2 Å². The molecular weight excluding hydrogens is 292 g/mol. The molecule has 0 bridgehead atoms. The van der Waals surface area contributed by atoms with E-state index < -0.39 is 0 Å². The van der Waals surface area contributed by atoms with Crippen LogP contribution in [0.1, 0.15) is 32.3 Å². The highest BCUT2D eigenvalue weighted by atomic mass is 16.3. The van der Waals surface area contributed by atoms with Gasteiger partial charge in [0.05, 0.1) is 12.6 Å². The Hall–Kier alpha value is -1.88. The number of aliphatic hydroxyl groups excluding tert-OH is 1. The number of nitrogens with one attached hydrogen (secondary N) is 1. The number of hydrogen-bond donors (Lipinski definition) is 2. The highest BCUT2D eigenvalue weighted by molar-refractivity contribution is 5.87. The molecule has 0 radical (unpaired) electrons. The predicted octanol–water partition coefficient (Wildman–Crippen LogP) is 1.56. The van der Waals surface area contributed by atoms with Gasteiger partial charge in [-0.25, -0.2) is 0 Å². The van der Waals surface area contributed by atoms with E-state index in [0.29, 0.717) is 19.5 Å². The lowest BCUT2D eigenvalue weighted by molar-refractivity contribution is -0.144. The zero-order valence-corrected chi connectivity index (χ0v) is 13.9. The Labute approximate surface area is 137 Å². The zero-order chi connectivity index (χ0) is 16.8. The van der Waals surface area contributed by atoms with Crippen LogP contribution < -0.4 is 5.32 Å². The summed E-state index contributed by atoms with van der Waals surface area (Å²) in [6, 6.07) is 9.52. The molecule has 2 N–H and O–H groups in total. The van der Waals surface area contributed by atoms with Gasteiger partial charge in [-0.05, 0) is 17.9 Å². The molecule has 0 saturated carbocycles. The van der Waals surface area contributed by atoms with E-state index in [9.17, 15) is 14.7 Å². The molecule has 23 heavy (non-hydrogen) atoms. The Kier molecular flexibility index (Phi) is 6.16. The molecule has 2 rings (SSSR count). The van der Waals surface area contributed by atoms with Gasteiger partial charge in [0.2, 0.25) is 11.8 Å². The SMILES string of the molecule is CC(C)C(CO)N(Cc1ccccc1)C(=O)C1CCNC(=O)C1. The zero-order valence-electron chi connectivity index (χ0n) is 13.9. The fourth-order valence-electron chi connectivity index (χ4n) is 3.04. The summed E-state index contributed by atoms with van der Waals surface area (Å²) in [6.45, 7) is 4.93. The molecule has 2 atom stereocenters. The van der Waals surface area contributed by atoms with Crippen LogP contribution in [0.4, 0.5) is 0 Å². The third-order valence-electron chi connectivity index (χ3n) is 4.43. The fourth-order valence-corrected chi connectivity index (χ4v) is 3.04. The maximum Gasteiger partial charge on any atom is 0.226 e. The average Bonchev–Trinajstić information content (AvgIpc) is 2.54. The van der Waals surface area contributed by atoms with Crippen LogP contribution in [-0.4, -0.2) is 41.0 Å². The Morgan fingerprint density at radius 1 is 1.35 bits per heavy atom. The predicted molar refractivity (Wildman–Crippen MR) is 88.4 cm³/mol. The Morgan fingerprint density at radius 3 is 2.61 bits per heavy atom. The Balaban J connectivity index is 2.21. The minimum Gasteiger partial charge on any atom is -0.394 e.